The highest BCUT2D eigenvalue weighted by atomic mass is 19.2. The molecule has 0 spiro atoms. The lowest BCUT2D eigenvalue weighted by molar-refractivity contribution is -0.130. The molecule has 142 valence electrons. The summed E-state index contributed by atoms with van der Waals surface area (Å²) in [7, 11) is 0. The number of para-hydroxylation sites is 1. The van der Waals surface area contributed by atoms with E-state index in [4.69, 9.17) is 0 Å². The van der Waals surface area contributed by atoms with Crippen molar-refractivity contribution in [1.82, 2.24) is 9.88 Å². The standard InChI is InChI=1S/C21H16F2N2O3/c1-11-4-2-5-12-13-8-9-25(10-15(21(27)28)19(13)24-18(11)12)20(26)14-6-3-7-16(22)17(14)23/h2-7,10,24H,8-9H2,1H3,(H,27,28). The van der Waals surface area contributed by atoms with Crippen LogP contribution in [0.1, 0.15) is 27.2 Å². The number of carboxylic acid groups (broad SMARTS) is 1. The van der Waals surface area contributed by atoms with Crippen LogP contribution in [0.15, 0.2) is 42.6 Å². The predicted molar refractivity (Wildman–Crippen MR) is 99.7 cm³/mol. The van der Waals surface area contributed by atoms with E-state index in [1.54, 1.807) is 0 Å². The zero-order chi connectivity index (χ0) is 20.0. The average molecular weight is 382 g/mol. The fourth-order valence-corrected chi connectivity index (χ4v) is 3.57. The maximum atomic E-state index is 14.1. The van der Waals surface area contributed by atoms with Crippen molar-refractivity contribution in [2.45, 2.75) is 13.3 Å². The van der Waals surface area contributed by atoms with Gasteiger partial charge in [-0.15, -0.1) is 0 Å². The molecule has 0 aliphatic carbocycles. The molecule has 5 nitrogen and oxygen atoms in total. The molecule has 2 aromatic carbocycles. The van der Waals surface area contributed by atoms with Crippen LogP contribution in [-0.4, -0.2) is 33.4 Å². The van der Waals surface area contributed by atoms with Gasteiger partial charge >= 0.3 is 5.97 Å². The molecule has 0 unspecified atom stereocenters. The van der Waals surface area contributed by atoms with E-state index in [1.807, 2.05) is 25.1 Å². The van der Waals surface area contributed by atoms with E-state index in [9.17, 15) is 23.5 Å². The number of aryl methyl sites for hydroxylation is 1. The molecular formula is C21H16F2N2O3. The summed E-state index contributed by atoms with van der Waals surface area (Å²) in [6.45, 7) is 2.06. The maximum Gasteiger partial charge on any atom is 0.339 e. The Hall–Kier alpha value is -3.48. The smallest absolute Gasteiger partial charge is 0.339 e. The lowest BCUT2D eigenvalue weighted by atomic mass is 10.0. The molecule has 0 bridgehead atoms. The number of aromatic nitrogens is 1. The van der Waals surface area contributed by atoms with Crippen molar-refractivity contribution in [2.24, 2.45) is 0 Å². The van der Waals surface area contributed by atoms with E-state index < -0.39 is 29.1 Å². The van der Waals surface area contributed by atoms with E-state index in [2.05, 4.69) is 4.98 Å². The number of hydrogen-bond acceptors (Lipinski definition) is 2. The Bertz CT molecular complexity index is 1160. The second-order valence-corrected chi connectivity index (χ2v) is 6.67. The number of benzene rings is 2. The summed E-state index contributed by atoms with van der Waals surface area (Å²) in [5.74, 6) is -4.39. The second-order valence-electron chi connectivity index (χ2n) is 6.67. The van der Waals surface area contributed by atoms with Crippen LogP contribution in [0.25, 0.3) is 16.5 Å². The normalized spacial score (nSPS) is 13.8. The Morgan fingerprint density at radius 1 is 1.14 bits per heavy atom. The molecule has 2 heterocycles. The van der Waals surface area contributed by atoms with Gasteiger partial charge in [-0.2, -0.15) is 0 Å². The van der Waals surface area contributed by atoms with E-state index in [0.717, 1.165) is 33.0 Å². The van der Waals surface area contributed by atoms with Crippen LogP contribution in [-0.2, 0) is 11.2 Å². The molecule has 0 saturated heterocycles. The highest BCUT2D eigenvalue weighted by Crippen LogP contribution is 2.32. The van der Waals surface area contributed by atoms with Gasteiger partial charge in [0.05, 0.1) is 16.8 Å². The van der Waals surface area contributed by atoms with E-state index in [1.165, 1.54) is 18.3 Å². The molecule has 1 aromatic heterocycles. The van der Waals surface area contributed by atoms with Gasteiger partial charge in [0.2, 0.25) is 0 Å². The number of nitrogens with one attached hydrogen (secondary N) is 1. The van der Waals surface area contributed by atoms with Gasteiger partial charge < -0.3 is 15.0 Å². The first-order valence-corrected chi connectivity index (χ1v) is 8.69. The molecule has 1 amide bonds. The zero-order valence-corrected chi connectivity index (χ0v) is 14.9. The first-order chi connectivity index (χ1) is 13.4. The number of nitrogens with zero attached hydrogens (tertiary/aromatic N) is 1. The fraction of sp³-hybridized carbons (Fsp3) is 0.143. The molecule has 1 aliphatic heterocycles. The quantitative estimate of drug-likeness (QED) is 0.707. The highest BCUT2D eigenvalue weighted by molar-refractivity contribution is 6.17. The number of rotatable bonds is 2. The van der Waals surface area contributed by atoms with Gasteiger partial charge in [-0.1, -0.05) is 24.3 Å². The molecule has 3 aromatic rings. The third-order valence-corrected chi connectivity index (χ3v) is 4.98. The Balaban J connectivity index is 1.83. The summed E-state index contributed by atoms with van der Waals surface area (Å²) in [6, 6.07) is 9.03. The van der Waals surface area contributed by atoms with Crippen LogP contribution >= 0.6 is 0 Å². The second kappa shape index (κ2) is 6.60. The van der Waals surface area contributed by atoms with Gasteiger partial charge in [0.15, 0.2) is 11.6 Å². The van der Waals surface area contributed by atoms with E-state index in [0.29, 0.717) is 12.1 Å². The highest BCUT2D eigenvalue weighted by Gasteiger charge is 2.28. The summed E-state index contributed by atoms with van der Waals surface area (Å²) < 4.78 is 27.6. The number of carboxylic acids is 1. The number of H-pyrrole nitrogens is 1. The molecule has 0 saturated carbocycles. The number of fused-ring (bicyclic) bond motifs is 3. The monoisotopic (exact) mass is 382 g/mol. The average Bonchev–Trinajstić information content (AvgIpc) is 2.92. The number of aliphatic carboxylic acids is 1. The molecule has 0 atom stereocenters. The Kier molecular flexibility index (Phi) is 4.22. The molecule has 0 fully saturated rings. The van der Waals surface area contributed by atoms with Crippen LogP contribution in [0.3, 0.4) is 0 Å². The lowest BCUT2D eigenvalue weighted by Crippen LogP contribution is -2.28. The Morgan fingerprint density at radius 3 is 2.64 bits per heavy atom. The third kappa shape index (κ3) is 2.76. The summed E-state index contributed by atoms with van der Waals surface area (Å²) in [5, 5.41) is 10.6. The number of aromatic amines is 1. The van der Waals surface area contributed by atoms with E-state index >= 15 is 0 Å². The van der Waals surface area contributed by atoms with Crippen molar-refractivity contribution in [2.75, 3.05) is 6.54 Å². The van der Waals surface area contributed by atoms with Gasteiger partial charge in [-0.05, 0) is 36.6 Å². The Morgan fingerprint density at radius 2 is 1.89 bits per heavy atom. The Labute approximate surface area is 158 Å². The van der Waals surface area contributed by atoms with Crippen LogP contribution in [0, 0.1) is 18.6 Å². The van der Waals surface area contributed by atoms with Crippen molar-refractivity contribution in [1.29, 1.82) is 0 Å². The summed E-state index contributed by atoms with van der Waals surface area (Å²) in [6.07, 6.45) is 1.56. The summed E-state index contributed by atoms with van der Waals surface area (Å²) in [5.41, 5.74) is 2.48. The predicted octanol–water partition coefficient (Wildman–Crippen LogP) is 3.88. The van der Waals surface area contributed by atoms with Gasteiger partial charge in [-0.25, -0.2) is 13.6 Å². The van der Waals surface area contributed by atoms with Crippen LogP contribution in [0.2, 0.25) is 0 Å². The van der Waals surface area contributed by atoms with Crippen molar-refractivity contribution in [3.05, 3.63) is 76.6 Å². The minimum atomic E-state index is -1.25. The van der Waals surface area contributed by atoms with Gasteiger partial charge in [0, 0.05) is 23.6 Å². The van der Waals surface area contributed by atoms with Gasteiger partial charge in [0.25, 0.3) is 5.91 Å². The fourth-order valence-electron chi connectivity index (χ4n) is 3.57. The largest absolute Gasteiger partial charge is 0.478 e. The molecule has 2 N–H and O–H groups in total. The molecule has 0 radical (unpaired) electrons. The molecule has 4 rings (SSSR count). The van der Waals surface area contributed by atoms with Gasteiger partial charge in [0.1, 0.15) is 0 Å². The third-order valence-electron chi connectivity index (χ3n) is 4.98. The van der Waals surface area contributed by atoms with Gasteiger partial charge in [-0.3, -0.25) is 4.79 Å². The zero-order valence-electron chi connectivity index (χ0n) is 14.9. The SMILES string of the molecule is Cc1cccc2c3c([nH]c12)C(C(=O)O)=CN(C(=O)c1cccc(F)c1F)CC3. The number of halogens is 2. The van der Waals surface area contributed by atoms with Crippen molar-refractivity contribution < 1.29 is 23.5 Å². The van der Waals surface area contributed by atoms with Crippen molar-refractivity contribution >= 4 is 28.4 Å². The van der Waals surface area contributed by atoms with Crippen LogP contribution in [0.5, 0.6) is 0 Å². The first-order valence-electron chi connectivity index (χ1n) is 8.69. The first kappa shape index (κ1) is 17.9. The number of carbonyl (C=O) groups excluding carboxylic acids is 1. The minimum Gasteiger partial charge on any atom is -0.478 e. The summed E-state index contributed by atoms with van der Waals surface area (Å²) in [4.78, 5) is 28.9. The molecule has 1 aliphatic rings. The number of amides is 1. The minimum absolute atomic E-state index is 0.103. The van der Waals surface area contributed by atoms with Crippen molar-refractivity contribution in [3.63, 3.8) is 0 Å². The summed E-state index contributed by atoms with van der Waals surface area (Å²) >= 11 is 0. The maximum absolute atomic E-state index is 14.1. The molecule has 7 heteroatoms. The number of hydrogen-bond donors (Lipinski definition) is 2. The lowest BCUT2D eigenvalue weighted by Gasteiger charge is -2.18. The topological polar surface area (TPSA) is 73.4 Å². The van der Waals surface area contributed by atoms with E-state index in [-0.39, 0.29) is 12.1 Å². The van der Waals surface area contributed by atoms with Crippen LogP contribution in [0.4, 0.5) is 8.78 Å². The molecular weight excluding hydrogens is 366 g/mol. The van der Waals surface area contributed by atoms with Crippen LogP contribution < -0.4 is 0 Å². The number of carbonyl (C=O) groups is 2. The molecule has 28 heavy (non-hydrogen) atoms. The van der Waals surface area contributed by atoms with Crippen molar-refractivity contribution in [3.8, 4) is 0 Å².